The van der Waals surface area contributed by atoms with E-state index in [2.05, 4.69) is 5.32 Å². The Kier molecular flexibility index (Phi) is 4.38. The van der Waals surface area contributed by atoms with Gasteiger partial charge in [-0.2, -0.15) is 0 Å². The van der Waals surface area contributed by atoms with Crippen molar-refractivity contribution in [1.29, 1.82) is 0 Å². The zero-order valence-corrected chi connectivity index (χ0v) is 11.6. The molecule has 0 radical (unpaired) electrons. The van der Waals surface area contributed by atoms with Crippen LogP contribution >= 0.6 is 0 Å². The van der Waals surface area contributed by atoms with Gasteiger partial charge in [0.15, 0.2) is 6.10 Å². The normalized spacial score (nSPS) is 11.9. The third kappa shape index (κ3) is 3.16. The number of carbonyl (C=O) groups is 1. The number of anilines is 2. The van der Waals surface area contributed by atoms with Crippen LogP contribution in [0.5, 0.6) is 0 Å². The molecule has 4 heteroatoms. The second kappa shape index (κ2) is 6.21. The molecule has 2 aromatic carbocycles. The van der Waals surface area contributed by atoms with E-state index in [1.807, 2.05) is 49.4 Å². The summed E-state index contributed by atoms with van der Waals surface area (Å²) in [5.74, 6) is -0.220. The van der Waals surface area contributed by atoms with E-state index < -0.39 is 6.10 Å². The smallest absolute Gasteiger partial charge is 0.258 e. The third-order valence-corrected chi connectivity index (χ3v) is 3.12. The summed E-state index contributed by atoms with van der Waals surface area (Å²) in [7, 11) is 1.51. The highest BCUT2D eigenvalue weighted by Gasteiger charge is 2.19. The topological polar surface area (TPSA) is 64.3 Å². The maximum atomic E-state index is 12.3. The van der Waals surface area contributed by atoms with E-state index in [0.717, 1.165) is 11.1 Å². The number of nitrogens with one attached hydrogen (secondary N) is 1. The van der Waals surface area contributed by atoms with Gasteiger partial charge in [0.25, 0.3) is 5.91 Å². The molecule has 0 saturated heterocycles. The highest BCUT2D eigenvalue weighted by molar-refractivity contribution is 5.95. The summed E-state index contributed by atoms with van der Waals surface area (Å²) in [5, 5.41) is 2.82. The van der Waals surface area contributed by atoms with E-state index in [4.69, 9.17) is 10.5 Å². The lowest BCUT2D eigenvalue weighted by molar-refractivity contribution is -0.126. The molecular weight excluding hydrogens is 252 g/mol. The first kappa shape index (κ1) is 14.1. The van der Waals surface area contributed by atoms with Crippen molar-refractivity contribution in [2.75, 3.05) is 18.2 Å². The summed E-state index contributed by atoms with van der Waals surface area (Å²) in [5.41, 5.74) is 8.94. The van der Waals surface area contributed by atoms with E-state index >= 15 is 0 Å². The molecule has 0 spiro atoms. The summed E-state index contributed by atoms with van der Waals surface area (Å²) in [4.78, 5) is 12.3. The van der Waals surface area contributed by atoms with E-state index in [0.29, 0.717) is 11.4 Å². The molecule has 104 valence electrons. The fraction of sp³-hybridized carbons (Fsp3) is 0.188. The Hall–Kier alpha value is -2.33. The van der Waals surface area contributed by atoms with Gasteiger partial charge in [-0.1, -0.05) is 36.4 Å². The van der Waals surface area contributed by atoms with Crippen molar-refractivity contribution in [3.63, 3.8) is 0 Å². The van der Waals surface area contributed by atoms with Crippen molar-refractivity contribution in [1.82, 2.24) is 0 Å². The van der Waals surface area contributed by atoms with Crippen LogP contribution in [-0.2, 0) is 9.53 Å². The molecule has 2 rings (SSSR count). The molecule has 1 atom stereocenters. The summed E-state index contributed by atoms with van der Waals surface area (Å²) < 4.78 is 5.28. The van der Waals surface area contributed by atoms with Gasteiger partial charge in [-0.05, 0) is 30.2 Å². The van der Waals surface area contributed by atoms with Crippen LogP contribution in [0.15, 0.2) is 48.5 Å². The quantitative estimate of drug-likeness (QED) is 0.840. The number of hydrogen-bond donors (Lipinski definition) is 2. The number of methoxy groups -OCH3 is 1. The van der Waals surface area contributed by atoms with Gasteiger partial charge in [0.05, 0.1) is 0 Å². The molecule has 0 aromatic heterocycles. The van der Waals surface area contributed by atoms with Crippen molar-refractivity contribution >= 4 is 17.3 Å². The number of ether oxygens (including phenoxy) is 1. The maximum Gasteiger partial charge on any atom is 0.258 e. The van der Waals surface area contributed by atoms with Crippen LogP contribution in [0.25, 0.3) is 0 Å². The van der Waals surface area contributed by atoms with Crippen molar-refractivity contribution in [2.24, 2.45) is 0 Å². The number of carbonyl (C=O) groups excluding carboxylic acids is 1. The Morgan fingerprint density at radius 2 is 1.90 bits per heavy atom. The number of nitrogens with two attached hydrogens (primary N) is 1. The molecule has 0 aliphatic carbocycles. The zero-order valence-electron chi connectivity index (χ0n) is 11.6. The van der Waals surface area contributed by atoms with Gasteiger partial charge in [0, 0.05) is 18.5 Å². The fourth-order valence-corrected chi connectivity index (χ4v) is 1.95. The Morgan fingerprint density at radius 3 is 2.50 bits per heavy atom. The molecule has 2 aromatic rings. The minimum absolute atomic E-state index is 0.220. The third-order valence-electron chi connectivity index (χ3n) is 3.12. The highest BCUT2D eigenvalue weighted by atomic mass is 16.5. The SMILES string of the molecule is COC(C(=O)Nc1ccc(C)c(N)c1)c1ccccc1. The lowest BCUT2D eigenvalue weighted by Crippen LogP contribution is -2.22. The average molecular weight is 270 g/mol. The summed E-state index contributed by atoms with van der Waals surface area (Å²) >= 11 is 0. The second-order valence-corrected chi connectivity index (χ2v) is 4.59. The van der Waals surface area contributed by atoms with Gasteiger partial charge in [0.2, 0.25) is 0 Å². The monoisotopic (exact) mass is 270 g/mol. The van der Waals surface area contributed by atoms with Crippen LogP contribution in [0.4, 0.5) is 11.4 Å². The number of hydrogen-bond acceptors (Lipinski definition) is 3. The number of aryl methyl sites for hydroxylation is 1. The van der Waals surface area contributed by atoms with Crippen molar-refractivity contribution < 1.29 is 9.53 Å². The molecule has 1 amide bonds. The van der Waals surface area contributed by atoms with Crippen LogP contribution in [0.3, 0.4) is 0 Å². The molecular formula is C16H18N2O2. The molecule has 1 unspecified atom stereocenters. The second-order valence-electron chi connectivity index (χ2n) is 4.59. The van der Waals surface area contributed by atoms with Crippen LogP contribution in [-0.4, -0.2) is 13.0 Å². The molecule has 0 heterocycles. The Morgan fingerprint density at radius 1 is 1.20 bits per heavy atom. The molecule has 3 N–H and O–H groups in total. The minimum atomic E-state index is -0.640. The summed E-state index contributed by atoms with van der Waals surface area (Å²) in [6.07, 6.45) is -0.640. The molecule has 0 fully saturated rings. The molecule has 0 aliphatic rings. The molecule has 0 aliphatic heterocycles. The van der Waals surface area contributed by atoms with Gasteiger partial charge >= 0.3 is 0 Å². The van der Waals surface area contributed by atoms with Crippen LogP contribution in [0.1, 0.15) is 17.2 Å². The van der Waals surface area contributed by atoms with E-state index in [-0.39, 0.29) is 5.91 Å². The average Bonchev–Trinajstić information content (AvgIpc) is 2.45. The van der Waals surface area contributed by atoms with Crippen LogP contribution in [0, 0.1) is 6.92 Å². The zero-order chi connectivity index (χ0) is 14.5. The predicted octanol–water partition coefficient (Wildman–Crippen LogP) is 2.90. The highest BCUT2D eigenvalue weighted by Crippen LogP contribution is 2.21. The van der Waals surface area contributed by atoms with Gasteiger partial charge < -0.3 is 15.8 Å². The number of amides is 1. The number of rotatable bonds is 4. The van der Waals surface area contributed by atoms with Crippen molar-refractivity contribution in [3.05, 3.63) is 59.7 Å². The Balaban J connectivity index is 2.15. The summed E-state index contributed by atoms with van der Waals surface area (Å²) in [6.45, 7) is 1.92. The molecule has 0 saturated carbocycles. The summed E-state index contributed by atoms with van der Waals surface area (Å²) in [6, 6.07) is 14.8. The number of benzene rings is 2. The largest absolute Gasteiger partial charge is 0.398 e. The van der Waals surface area contributed by atoms with Crippen LogP contribution in [0.2, 0.25) is 0 Å². The first-order valence-corrected chi connectivity index (χ1v) is 6.36. The molecule has 0 bridgehead atoms. The maximum absolute atomic E-state index is 12.3. The lowest BCUT2D eigenvalue weighted by atomic mass is 10.1. The van der Waals surface area contributed by atoms with Gasteiger partial charge in [-0.15, -0.1) is 0 Å². The van der Waals surface area contributed by atoms with E-state index in [1.54, 1.807) is 6.07 Å². The molecule has 20 heavy (non-hydrogen) atoms. The minimum Gasteiger partial charge on any atom is -0.398 e. The van der Waals surface area contributed by atoms with Crippen LogP contribution < -0.4 is 11.1 Å². The Labute approximate surface area is 118 Å². The standard InChI is InChI=1S/C16H18N2O2/c1-11-8-9-13(10-14(11)17)18-16(19)15(20-2)12-6-4-3-5-7-12/h3-10,15H,17H2,1-2H3,(H,18,19). The first-order chi connectivity index (χ1) is 9.61. The van der Waals surface area contributed by atoms with Crippen molar-refractivity contribution in [2.45, 2.75) is 13.0 Å². The van der Waals surface area contributed by atoms with Gasteiger partial charge in [-0.25, -0.2) is 0 Å². The van der Waals surface area contributed by atoms with Crippen molar-refractivity contribution in [3.8, 4) is 0 Å². The fourth-order valence-electron chi connectivity index (χ4n) is 1.95. The number of nitrogen functional groups attached to an aromatic ring is 1. The molecule has 4 nitrogen and oxygen atoms in total. The van der Waals surface area contributed by atoms with E-state index in [9.17, 15) is 4.79 Å². The first-order valence-electron chi connectivity index (χ1n) is 6.36. The lowest BCUT2D eigenvalue weighted by Gasteiger charge is -2.16. The van der Waals surface area contributed by atoms with Gasteiger partial charge in [0.1, 0.15) is 0 Å². The predicted molar refractivity (Wildman–Crippen MR) is 80.4 cm³/mol. The van der Waals surface area contributed by atoms with E-state index in [1.165, 1.54) is 7.11 Å². The van der Waals surface area contributed by atoms with Gasteiger partial charge in [-0.3, -0.25) is 4.79 Å². The Bertz CT molecular complexity index is 597.